The summed E-state index contributed by atoms with van der Waals surface area (Å²) in [7, 11) is 1.92. The largest absolute Gasteiger partial charge is 0.335 e. The van der Waals surface area contributed by atoms with Crippen molar-refractivity contribution in [3.8, 4) is 0 Å². The number of hydrogen-bond acceptors (Lipinski definition) is 3. The summed E-state index contributed by atoms with van der Waals surface area (Å²) in [4.78, 5) is 15.4. The Balaban J connectivity index is 1.53. The maximum absolute atomic E-state index is 13.3. The van der Waals surface area contributed by atoms with Gasteiger partial charge in [0.2, 0.25) is 5.91 Å². The number of nitrogens with zero attached hydrogens (tertiary/aromatic N) is 3. The van der Waals surface area contributed by atoms with Crippen LogP contribution in [-0.2, 0) is 18.4 Å². The van der Waals surface area contributed by atoms with Gasteiger partial charge in [-0.1, -0.05) is 23.7 Å². The van der Waals surface area contributed by atoms with E-state index in [0.29, 0.717) is 12.6 Å². The Morgan fingerprint density at radius 1 is 1.32 bits per heavy atom. The lowest BCUT2D eigenvalue weighted by Gasteiger charge is -2.28. The molecule has 132 valence electrons. The van der Waals surface area contributed by atoms with Crippen molar-refractivity contribution < 1.29 is 4.79 Å². The summed E-state index contributed by atoms with van der Waals surface area (Å²) in [6.45, 7) is 2.24. The summed E-state index contributed by atoms with van der Waals surface area (Å²) in [5.41, 5.74) is 2.28. The summed E-state index contributed by atoms with van der Waals surface area (Å²) in [5, 5.41) is 8.40. The Labute approximate surface area is 153 Å². The molecular weight excluding hydrogens is 336 g/mol. The highest BCUT2D eigenvalue weighted by Crippen LogP contribution is 2.35. The molecule has 1 saturated heterocycles. The molecule has 1 aliphatic heterocycles. The van der Waals surface area contributed by atoms with Crippen molar-refractivity contribution >= 4 is 17.5 Å². The van der Waals surface area contributed by atoms with E-state index < -0.39 is 0 Å². The Morgan fingerprint density at radius 2 is 2.08 bits per heavy atom. The van der Waals surface area contributed by atoms with Gasteiger partial charge in [0.1, 0.15) is 0 Å². The zero-order valence-corrected chi connectivity index (χ0v) is 15.1. The lowest BCUT2D eigenvalue weighted by molar-refractivity contribution is -0.136. The molecule has 2 fully saturated rings. The van der Waals surface area contributed by atoms with Crippen molar-refractivity contribution in [2.75, 3.05) is 13.1 Å². The van der Waals surface area contributed by atoms with Gasteiger partial charge in [-0.3, -0.25) is 9.48 Å². The minimum absolute atomic E-state index is 0.0166. The third-order valence-electron chi connectivity index (χ3n) is 5.22. The third-order valence-corrected chi connectivity index (χ3v) is 5.47. The highest BCUT2D eigenvalue weighted by Gasteiger charge is 2.41. The van der Waals surface area contributed by atoms with Gasteiger partial charge in [-0.2, -0.15) is 5.10 Å². The van der Waals surface area contributed by atoms with Crippen LogP contribution in [0.3, 0.4) is 0 Å². The van der Waals surface area contributed by atoms with Crippen LogP contribution in [0, 0.1) is 5.92 Å². The van der Waals surface area contributed by atoms with E-state index in [4.69, 9.17) is 11.6 Å². The van der Waals surface area contributed by atoms with E-state index in [1.54, 1.807) is 0 Å². The fourth-order valence-electron chi connectivity index (χ4n) is 3.69. The number of nitrogens with one attached hydrogen (secondary N) is 1. The highest BCUT2D eigenvalue weighted by atomic mass is 35.5. The lowest BCUT2D eigenvalue weighted by Crippen LogP contribution is -2.39. The van der Waals surface area contributed by atoms with E-state index >= 15 is 0 Å². The van der Waals surface area contributed by atoms with E-state index in [1.807, 2.05) is 48.4 Å². The van der Waals surface area contributed by atoms with Crippen LogP contribution in [0.15, 0.2) is 36.7 Å². The number of carbonyl (C=O) groups is 1. The number of carbonyl (C=O) groups excluding carboxylic acids is 1. The molecule has 4 rings (SSSR count). The molecule has 1 aromatic carbocycles. The predicted molar refractivity (Wildman–Crippen MR) is 97.3 cm³/mol. The molecule has 2 aliphatic rings. The lowest BCUT2D eigenvalue weighted by atomic mass is 9.89. The molecule has 0 bridgehead atoms. The fourth-order valence-corrected chi connectivity index (χ4v) is 3.82. The number of halogens is 1. The summed E-state index contributed by atoms with van der Waals surface area (Å²) in [6.07, 6.45) is 6.13. The summed E-state index contributed by atoms with van der Waals surface area (Å²) < 4.78 is 1.81. The van der Waals surface area contributed by atoms with Crippen molar-refractivity contribution in [2.45, 2.75) is 31.3 Å². The monoisotopic (exact) mass is 358 g/mol. The van der Waals surface area contributed by atoms with Crippen LogP contribution in [-0.4, -0.2) is 39.7 Å². The van der Waals surface area contributed by atoms with E-state index in [0.717, 1.165) is 42.1 Å². The van der Waals surface area contributed by atoms with Gasteiger partial charge in [-0.15, -0.1) is 0 Å². The van der Waals surface area contributed by atoms with Crippen LogP contribution in [0.5, 0.6) is 0 Å². The Kier molecular flexibility index (Phi) is 4.52. The van der Waals surface area contributed by atoms with E-state index in [9.17, 15) is 4.79 Å². The minimum Gasteiger partial charge on any atom is -0.335 e. The average molecular weight is 359 g/mol. The van der Waals surface area contributed by atoms with Gasteiger partial charge in [0, 0.05) is 49.9 Å². The van der Waals surface area contributed by atoms with E-state index in [-0.39, 0.29) is 17.7 Å². The second-order valence-electron chi connectivity index (χ2n) is 7.14. The summed E-state index contributed by atoms with van der Waals surface area (Å²) >= 11 is 5.98. The van der Waals surface area contributed by atoms with Gasteiger partial charge in [-0.05, 0) is 36.1 Å². The molecular formula is C19H23ClN4O. The zero-order valence-electron chi connectivity index (χ0n) is 14.4. The maximum atomic E-state index is 13.3. The van der Waals surface area contributed by atoms with Gasteiger partial charge < -0.3 is 10.2 Å². The molecule has 25 heavy (non-hydrogen) atoms. The first-order valence-corrected chi connectivity index (χ1v) is 9.24. The van der Waals surface area contributed by atoms with Crippen LogP contribution in [0.25, 0.3) is 0 Å². The molecule has 1 aromatic heterocycles. The minimum atomic E-state index is -0.0166. The van der Waals surface area contributed by atoms with Crippen molar-refractivity contribution in [1.29, 1.82) is 0 Å². The Morgan fingerprint density at radius 3 is 2.72 bits per heavy atom. The number of aryl methyl sites for hydroxylation is 1. The van der Waals surface area contributed by atoms with Gasteiger partial charge in [-0.25, -0.2) is 0 Å². The van der Waals surface area contributed by atoms with Gasteiger partial charge >= 0.3 is 0 Å². The molecule has 2 atom stereocenters. The molecule has 1 amide bonds. The molecule has 2 aromatic rings. The number of aromatic nitrogens is 2. The molecule has 2 heterocycles. The number of benzene rings is 1. The first-order valence-electron chi connectivity index (χ1n) is 8.86. The SMILES string of the molecule is Cn1cc([C@H]2CNC[C@@H]2C(=O)N(Cc2ccc(Cl)cc2)C2CC2)cn1. The maximum Gasteiger partial charge on any atom is 0.228 e. The average Bonchev–Trinajstić information content (AvgIpc) is 3.16. The number of hydrogen-bond donors (Lipinski definition) is 1. The normalized spacial score (nSPS) is 23.0. The number of amides is 1. The molecule has 0 unspecified atom stereocenters. The zero-order chi connectivity index (χ0) is 17.4. The van der Waals surface area contributed by atoms with E-state index in [1.165, 1.54) is 0 Å². The second kappa shape index (κ2) is 6.81. The first-order chi connectivity index (χ1) is 12.1. The van der Waals surface area contributed by atoms with Crippen LogP contribution in [0.2, 0.25) is 5.02 Å². The Bertz CT molecular complexity index is 753. The predicted octanol–water partition coefficient (Wildman–Crippen LogP) is 2.57. The molecule has 1 N–H and O–H groups in total. The van der Waals surface area contributed by atoms with Crippen LogP contribution in [0.1, 0.15) is 29.9 Å². The van der Waals surface area contributed by atoms with Crippen molar-refractivity contribution in [3.63, 3.8) is 0 Å². The third kappa shape index (κ3) is 3.58. The molecule has 6 heteroatoms. The quantitative estimate of drug-likeness (QED) is 0.893. The highest BCUT2D eigenvalue weighted by molar-refractivity contribution is 6.30. The van der Waals surface area contributed by atoms with Crippen molar-refractivity contribution in [3.05, 3.63) is 52.8 Å². The molecule has 1 saturated carbocycles. The standard InChI is InChI=1S/C19H23ClN4O/c1-23-12-14(8-22-23)17-9-21-10-18(17)19(25)24(16-6-7-16)11-13-2-4-15(20)5-3-13/h2-5,8,12,16-18,21H,6-7,9-11H2,1H3/t17-,18+/m1/s1. The molecule has 5 nitrogen and oxygen atoms in total. The van der Waals surface area contributed by atoms with Crippen LogP contribution in [0.4, 0.5) is 0 Å². The van der Waals surface area contributed by atoms with Gasteiger partial charge in [0.25, 0.3) is 0 Å². The van der Waals surface area contributed by atoms with E-state index in [2.05, 4.69) is 15.3 Å². The first kappa shape index (κ1) is 16.6. The molecule has 0 radical (unpaired) electrons. The smallest absolute Gasteiger partial charge is 0.228 e. The number of rotatable bonds is 5. The topological polar surface area (TPSA) is 50.2 Å². The fraction of sp³-hybridized carbons (Fsp3) is 0.474. The van der Waals surface area contributed by atoms with Crippen LogP contribution < -0.4 is 5.32 Å². The Hall–Kier alpha value is -1.85. The van der Waals surface area contributed by atoms with Gasteiger partial charge in [0.05, 0.1) is 12.1 Å². The molecule has 0 spiro atoms. The summed E-state index contributed by atoms with van der Waals surface area (Å²) in [6, 6.07) is 8.19. The second-order valence-corrected chi connectivity index (χ2v) is 7.58. The van der Waals surface area contributed by atoms with Crippen molar-refractivity contribution in [1.82, 2.24) is 20.0 Å². The van der Waals surface area contributed by atoms with Crippen LogP contribution >= 0.6 is 11.6 Å². The summed E-state index contributed by atoms with van der Waals surface area (Å²) in [5.74, 6) is 0.445. The molecule has 1 aliphatic carbocycles. The van der Waals surface area contributed by atoms with Crippen molar-refractivity contribution in [2.24, 2.45) is 13.0 Å². The van der Waals surface area contributed by atoms with Gasteiger partial charge in [0.15, 0.2) is 0 Å².